The summed E-state index contributed by atoms with van der Waals surface area (Å²) < 4.78 is 35.6. The lowest BCUT2D eigenvalue weighted by Gasteiger charge is -2.04. The molecule has 0 amide bonds. The summed E-state index contributed by atoms with van der Waals surface area (Å²) in [5, 5.41) is 0. The van der Waals surface area contributed by atoms with Gasteiger partial charge in [-0.2, -0.15) is 13.2 Å². The predicted octanol–water partition coefficient (Wildman–Crippen LogP) is 3.86. The van der Waals surface area contributed by atoms with Gasteiger partial charge in [-0.05, 0) is 19.1 Å². The minimum Gasteiger partial charge on any atom is -0.261 e. The first-order chi connectivity index (χ1) is 6.00. The molecule has 0 spiro atoms. The summed E-state index contributed by atoms with van der Waals surface area (Å²) in [5.41, 5.74) is -0.124. The van der Waals surface area contributed by atoms with Crippen LogP contribution in [0.5, 0.6) is 0 Å². The van der Waals surface area contributed by atoms with Crippen LogP contribution < -0.4 is 0 Å². The molecule has 1 heterocycles. The van der Waals surface area contributed by atoms with E-state index >= 15 is 0 Å². The summed E-state index contributed by atoms with van der Waals surface area (Å²) >= 11 is 0. The average Bonchev–Trinajstić information content (AvgIpc) is 2.07. The SMILES string of the molecule is CC.Cc1ccc(C(F)(F)F)cn1.Cl. The number of pyridine rings is 1. The van der Waals surface area contributed by atoms with E-state index in [9.17, 15) is 13.2 Å². The Morgan fingerprint density at radius 1 is 1.14 bits per heavy atom. The third kappa shape index (κ3) is 5.07. The normalized spacial score (nSPS) is 9.57. The molecular weight excluding hydrogens is 215 g/mol. The van der Waals surface area contributed by atoms with E-state index < -0.39 is 11.7 Å². The molecule has 1 aromatic rings. The van der Waals surface area contributed by atoms with Gasteiger partial charge in [0.05, 0.1) is 5.56 Å². The first kappa shape index (κ1) is 15.7. The third-order valence-corrected chi connectivity index (χ3v) is 1.24. The lowest BCUT2D eigenvalue weighted by atomic mass is 10.2. The maximum atomic E-state index is 11.9. The second-order valence-electron chi connectivity index (χ2n) is 2.19. The van der Waals surface area contributed by atoms with E-state index in [0.717, 1.165) is 12.3 Å². The largest absolute Gasteiger partial charge is 0.417 e. The van der Waals surface area contributed by atoms with Gasteiger partial charge in [0.15, 0.2) is 0 Å². The number of hydrogen-bond donors (Lipinski definition) is 0. The van der Waals surface area contributed by atoms with Crippen molar-refractivity contribution in [2.75, 3.05) is 0 Å². The number of aromatic nitrogens is 1. The minimum absolute atomic E-state index is 0. The topological polar surface area (TPSA) is 12.9 Å². The molecule has 0 aromatic carbocycles. The Morgan fingerprint density at radius 2 is 1.64 bits per heavy atom. The summed E-state index contributed by atoms with van der Waals surface area (Å²) in [6.45, 7) is 5.64. The highest BCUT2D eigenvalue weighted by molar-refractivity contribution is 5.85. The van der Waals surface area contributed by atoms with Crippen LogP contribution in [0.25, 0.3) is 0 Å². The van der Waals surface area contributed by atoms with Gasteiger partial charge >= 0.3 is 6.18 Å². The van der Waals surface area contributed by atoms with Crippen molar-refractivity contribution >= 4 is 12.4 Å². The van der Waals surface area contributed by atoms with Gasteiger partial charge in [0.1, 0.15) is 0 Å². The summed E-state index contributed by atoms with van der Waals surface area (Å²) in [5.74, 6) is 0. The molecule has 0 radical (unpaired) electrons. The summed E-state index contributed by atoms with van der Waals surface area (Å²) in [4.78, 5) is 3.53. The number of aryl methyl sites for hydroxylation is 1. The fraction of sp³-hybridized carbons (Fsp3) is 0.444. The molecule has 5 heteroatoms. The molecule has 0 aliphatic rings. The van der Waals surface area contributed by atoms with Crippen molar-refractivity contribution in [2.45, 2.75) is 26.9 Å². The minimum atomic E-state index is -4.28. The molecule has 0 aliphatic carbocycles. The van der Waals surface area contributed by atoms with E-state index in [4.69, 9.17) is 0 Å². The molecule has 1 nitrogen and oxygen atoms in total. The van der Waals surface area contributed by atoms with E-state index in [0.29, 0.717) is 5.69 Å². The van der Waals surface area contributed by atoms with E-state index in [-0.39, 0.29) is 12.4 Å². The number of nitrogens with zero attached hydrogens (tertiary/aromatic N) is 1. The molecule has 14 heavy (non-hydrogen) atoms. The quantitative estimate of drug-likeness (QED) is 0.656. The number of hydrogen-bond acceptors (Lipinski definition) is 1. The Hall–Kier alpha value is -0.770. The second kappa shape index (κ2) is 6.65. The highest BCUT2D eigenvalue weighted by Crippen LogP contribution is 2.28. The highest BCUT2D eigenvalue weighted by atomic mass is 35.5. The zero-order chi connectivity index (χ0) is 10.5. The Bertz CT molecular complexity index is 243. The van der Waals surface area contributed by atoms with Crippen LogP contribution in [0.15, 0.2) is 18.3 Å². The molecule has 0 bridgehead atoms. The van der Waals surface area contributed by atoms with Gasteiger partial charge < -0.3 is 0 Å². The van der Waals surface area contributed by atoms with Crippen molar-refractivity contribution in [3.05, 3.63) is 29.6 Å². The summed E-state index contributed by atoms with van der Waals surface area (Å²) in [7, 11) is 0. The molecule has 0 saturated carbocycles. The smallest absolute Gasteiger partial charge is 0.261 e. The van der Waals surface area contributed by atoms with E-state index in [2.05, 4.69) is 4.98 Å². The molecule has 0 fully saturated rings. The third-order valence-electron chi connectivity index (χ3n) is 1.24. The number of rotatable bonds is 0. The fourth-order valence-corrected chi connectivity index (χ4v) is 0.635. The Kier molecular flexibility index (Phi) is 7.45. The van der Waals surface area contributed by atoms with Gasteiger partial charge in [-0.15, -0.1) is 12.4 Å². The molecule has 1 rings (SSSR count). The molecule has 82 valence electrons. The Labute approximate surface area is 87.8 Å². The molecule has 0 atom stereocenters. The average molecular weight is 228 g/mol. The molecule has 0 unspecified atom stereocenters. The lowest BCUT2D eigenvalue weighted by Crippen LogP contribution is -2.05. The van der Waals surface area contributed by atoms with Gasteiger partial charge in [0.2, 0.25) is 0 Å². The molecule has 0 saturated heterocycles. The zero-order valence-electron chi connectivity index (χ0n) is 8.22. The van der Waals surface area contributed by atoms with E-state index in [1.54, 1.807) is 6.92 Å². The Morgan fingerprint density at radius 3 is 1.93 bits per heavy atom. The molecule has 0 N–H and O–H groups in total. The fourth-order valence-electron chi connectivity index (χ4n) is 0.635. The molecular formula is C9H13ClF3N. The van der Waals surface area contributed by atoms with Gasteiger partial charge in [0.25, 0.3) is 0 Å². The number of halogens is 4. The van der Waals surface area contributed by atoms with Crippen LogP contribution >= 0.6 is 12.4 Å². The van der Waals surface area contributed by atoms with Crippen molar-refractivity contribution in [2.24, 2.45) is 0 Å². The first-order valence-corrected chi connectivity index (χ1v) is 4.00. The van der Waals surface area contributed by atoms with Gasteiger partial charge in [-0.25, -0.2) is 0 Å². The van der Waals surface area contributed by atoms with Gasteiger partial charge in [-0.3, -0.25) is 4.98 Å². The van der Waals surface area contributed by atoms with Crippen molar-refractivity contribution in [3.8, 4) is 0 Å². The van der Waals surface area contributed by atoms with Crippen LogP contribution in [0.4, 0.5) is 13.2 Å². The van der Waals surface area contributed by atoms with E-state index in [1.807, 2.05) is 13.8 Å². The molecule has 0 aliphatic heterocycles. The van der Waals surface area contributed by atoms with Crippen LogP contribution in [0.3, 0.4) is 0 Å². The standard InChI is InChI=1S/C7H6F3N.C2H6.ClH/c1-5-2-3-6(4-11-5)7(8,9)10;1-2;/h2-4H,1H3;1-2H3;1H. The lowest BCUT2D eigenvalue weighted by molar-refractivity contribution is -0.137. The summed E-state index contributed by atoms with van der Waals surface area (Å²) in [6, 6.07) is 2.35. The predicted molar refractivity (Wildman–Crippen MR) is 52.6 cm³/mol. The zero-order valence-corrected chi connectivity index (χ0v) is 9.04. The van der Waals surface area contributed by atoms with Crippen molar-refractivity contribution < 1.29 is 13.2 Å². The first-order valence-electron chi connectivity index (χ1n) is 4.00. The van der Waals surface area contributed by atoms with Gasteiger partial charge in [0, 0.05) is 11.9 Å². The Balaban J connectivity index is 0. The summed E-state index contributed by atoms with van der Waals surface area (Å²) in [6.07, 6.45) is -3.45. The monoisotopic (exact) mass is 227 g/mol. The van der Waals surface area contributed by atoms with Crippen LogP contribution in [0.2, 0.25) is 0 Å². The number of alkyl halides is 3. The van der Waals surface area contributed by atoms with Gasteiger partial charge in [-0.1, -0.05) is 13.8 Å². The highest BCUT2D eigenvalue weighted by Gasteiger charge is 2.30. The second-order valence-corrected chi connectivity index (χ2v) is 2.19. The van der Waals surface area contributed by atoms with Crippen molar-refractivity contribution in [1.82, 2.24) is 4.98 Å². The van der Waals surface area contributed by atoms with Crippen molar-refractivity contribution in [3.63, 3.8) is 0 Å². The maximum Gasteiger partial charge on any atom is 0.417 e. The van der Waals surface area contributed by atoms with E-state index in [1.165, 1.54) is 6.07 Å². The van der Waals surface area contributed by atoms with Crippen molar-refractivity contribution in [1.29, 1.82) is 0 Å². The van der Waals surface area contributed by atoms with Crippen LogP contribution in [-0.2, 0) is 6.18 Å². The van der Waals surface area contributed by atoms with Crippen LogP contribution in [-0.4, -0.2) is 4.98 Å². The van der Waals surface area contributed by atoms with Crippen LogP contribution in [0, 0.1) is 6.92 Å². The maximum absolute atomic E-state index is 11.9. The molecule has 1 aromatic heterocycles. The van der Waals surface area contributed by atoms with Crippen LogP contribution in [0.1, 0.15) is 25.1 Å².